The number of halogens is 2. The Balaban J connectivity index is 2.07. The van der Waals surface area contributed by atoms with E-state index in [0.717, 1.165) is 38.1 Å². The third-order valence-electron chi connectivity index (χ3n) is 2.87. The number of carbonyl (C=O) groups excluding carboxylic acids is 1. The maximum absolute atomic E-state index is 12.9. The van der Waals surface area contributed by atoms with Gasteiger partial charge in [0.05, 0.1) is 0 Å². The second kappa shape index (κ2) is 5.63. The van der Waals surface area contributed by atoms with Gasteiger partial charge in [-0.15, -0.1) is 0 Å². The fourth-order valence-corrected chi connectivity index (χ4v) is 1.85. The first-order valence-electron chi connectivity index (χ1n) is 5.93. The van der Waals surface area contributed by atoms with E-state index in [1.165, 1.54) is 12.5 Å². The number of ketones is 1. The van der Waals surface area contributed by atoms with Crippen LogP contribution in [0.1, 0.15) is 29.6 Å². The van der Waals surface area contributed by atoms with Gasteiger partial charge in [-0.1, -0.05) is 0 Å². The SMILES string of the molecule is O=C(C#CN1CCCCC1)c1ccc(F)c(F)c1. The molecule has 0 atom stereocenters. The van der Waals surface area contributed by atoms with Crippen LogP contribution in [0.25, 0.3) is 0 Å². The van der Waals surface area contributed by atoms with Gasteiger partial charge in [-0.3, -0.25) is 4.79 Å². The summed E-state index contributed by atoms with van der Waals surface area (Å²) in [6, 6.07) is 5.83. The fourth-order valence-electron chi connectivity index (χ4n) is 1.85. The number of piperidine rings is 1. The number of benzene rings is 1. The smallest absolute Gasteiger partial charge is 0.237 e. The van der Waals surface area contributed by atoms with Crippen LogP contribution in [0.2, 0.25) is 0 Å². The molecule has 1 saturated heterocycles. The second-order valence-electron chi connectivity index (χ2n) is 4.24. The van der Waals surface area contributed by atoms with Crippen LogP contribution in [0.15, 0.2) is 18.2 Å². The number of carbonyl (C=O) groups is 1. The highest BCUT2D eigenvalue weighted by Crippen LogP contribution is 2.10. The number of nitrogens with zero attached hydrogens (tertiary/aromatic N) is 1. The van der Waals surface area contributed by atoms with Gasteiger partial charge in [0, 0.05) is 24.7 Å². The Morgan fingerprint density at radius 2 is 1.83 bits per heavy atom. The van der Waals surface area contributed by atoms with E-state index in [1.54, 1.807) is 0 Å². The molecule has 94 valence electrons. The van der Waals surface area contributed by atoms with Gasteiger partial charge in [-0.2, -0.15) is 0 Å². The predicted molar refractivity (Wildman–Crippen MR) is 63.9 cm³/mol. The van der Waals surface area contributed by atoms with Crippen molar-refractivity contribution in [2.24, 2.45) is 0 Å². The van der Waals surface area contributed by atoms with Crippen molar-refractivity contribution in [2.75, 3.05) is 13.1 Å². The summed E-state index contributed by atoms with van der Waals surface area (Å²) in [5.41, 5.74) is 0.0819. The third kappa shape index (κ3) is 3.07. The summed E-state index contributed by atoms with van der Waals surface area (Å²) in [5.74, 6) is -0.0130. The maximum Gasteiger partial charge on any atom is 0.237 e. The quantitative estimate of drug-likeness (QED) is 0.563. The van der Waals surface area contributed by atoms with Gasteiger partial charge >= 0.3 is 0 Å². The Labute approximate surface area is 105 Å². The molecule has 0 aliphatic carbocycles. The first kappa shape index (κ1) is 12.6. The van der Waals surface area contributed by atoms with E-state index >= 15 is 0 Å². The lowest BCUT2D eigenvalue weighted by Gasteiger charge is -2.21. The van der Waals surface area contributed by atoms with E-state index in [9.17, 15) is 13.6 Å². The van der Waals surface area contributed by atoms with E-state index in [2.05, 4.69) is 12.0 Å². The molecule has 2 nitrogen and oxygen atoms in total. The molecule has 0 unspecified atom stereocenters. The minimum absolute atomic E-state index is 0.0819. The molecule has 1 heterocycles. The van der Waals surface area contributed by atoms with Gasteiger partial charge in [0.15, 0.2) is 11.6 Å². The van der Waals surface area contributed by atoms with Crippen molar-refractivity contribution in [2.45, 2.75) is 19.3 Å². The van der Waals surface area contributed by atoms with Crippen molar-refractivity contribution in [3.05, 3.63) is 35.4 Å². The molecule has 0 bridgehead atoms. The summed E-state index contributed by atoms with van der Waals surface area (Å²) in [4.78, 5) is 13.6. The number of likely N-dealkylation sites (tertiary alicyclic amines) is 1. The van der Waals surface area contributed by atoms with E-state index in [0.29, 0.717) is 0 Å². The van der Waals surface area contributed by atoms with Crippen LogP contribution < -0.4 is 0 Å². The van der Waals surface area contributed by atoms with Gasteiger partial charge in [0.1, 0.15) is 0 Å². The molecule has 0 radical (unpaired) electrons. The van der Waals surface area contributed by atoms with Crippen molar-refractivity contribution < 1.29 is 13.6 Å². The summed E-state index contributed by atoms with van der Waals surface area (Å²) >= 11 is 0. The Hall–Kier alpha value is -1.89. The number of rotatable bonds is 1. The minimum Gasteiger partial charge on any atom is -0.332 e. The first-order valence-corrected chi connectivity index (χ1v) is 5.93. The highest BCUT2D eigenvalue weighted by Gasteiger charge is 2.09. The van der Waals surface area contributed by atoms with Gasteiger partial charge in [0.25, 0.3) is 0 Å². The van der Waals surface area contributed by atoms with Crippen LogP contribution in [0.4, 0.5) is 8.78 Å². The molecule has 0 N–H and O–H groups in total. The van der Waals surface area contributed by atoms with Crippen molar-refractivity contribution in [3.8, 4) is 12.0 Å². The molecule has 1 aromatic carbocycles. The zero-order valence-electron chi connectivity index (χ0n) is 9.88. The van der Waals surface area contributed by atoms with Crippen LogP contribution in [0, 0.1) is 23.6 Å². The highest BCUT2D eigenvalue weighted by atomic mass is 19.2. The largest absolute Gasteiger partial charge is 0.332 e. The molecular weight excluding hydrogens is 236 g/mol. The van der Waals surface area contributed by atoms with E-state index in [1.807, 2.05) is 4.90 Å². The average molecular weight is 249 g/mol. The molecule has 0 spiro atoms. The predicted octanol–water partition coefficient (Wildman–Crippen LogP) is 2.59. The van der Waals surface area contributed by atoms with Gasteiger partial charge in [-0.25, -0.2) is 8.78 Å². The van der Waals surface area contributed by atoms with E-state index in [-0.39, 0.29) is 5.56 Å². The number of Topliss-reactive ketones (excluding diaryl/α,β-unsaturated/α-hetero) is 1. The Kier molecular flexibility index (Phi) is 3.93. The van der Waals surface area contributed by atoms with Crippen LogP contribution in [-0.4, -0.2) is 23.8 Å². The van der Waals surface area contributed by atoms with Crippen molar-refractivity contribution in [1.29, 1.82) is 0 Å². The highest BCUT2D eigenvalue weighted by molar-refractivity contribution is 6.08. The molecule has 2 rings (SSSR count). The normalized spacial score (nSPS) is 14.9. The Morgan fingerprint density at radius 1 is 1.11 bits per heavy atom. The lowest BCUT2D eigenvalue weighted by Crippen LogP contribution is -2.25. The van der Waals surface area contributed by atoms with E-state index < -0.39 is 17.4 Å². The number of hydrogen-bond donors (Lipinski definition) is 0. The molecule has 18 heavy (non-hydrogen) atoms. The summed E-state index contributed by atoms with van der Waals surface area (Å²) in [6.07, 6.45) is 3.34. The molecular formula is C14H13F2NO. The molecule has 4 heteroatoms. The third-order valence-corrected chi connectivity index (χ3v) is 2.87. The van der Waals surface area contributed by atoms with Crippen LogP contribution in [0.5, 0.6) is 0 Å². The molecule has 0 amide bonds. The fraction of sp³-hybridized carbons (Fsp3) is 0.357. The summed E-state index contributed by atoms with van der Waals surface area (Å²) < 4.78 is 25.7. The van der Waals surface area contributed by atoms with Gasteiger partial charge in [0.2, 0.25) is 5.78 Å². The lowest BCUT2D eigenvalue weighted by molar-refractivity contribution is 0.105. The van der Waals surface area contributed by atoms with Gasteiger partial charge in [-0.05, 0) is 43.4 Å². The monoisotopic (exact) mass is 249 g/mol. The molecule has 1 aromatic rings. The number of hydrogen-bond acceptors (Lipinski definition) is 2. The molecule has 1 aliphatic heterocycles. The summed E-state index contributed by atoms with van der Waals surface area (Å²) in [7, 11) is 0. The van der Waals surface area contributed by atoms with Crippen molar-refractivity contribution in [3.63, 3.8) is 0 Å². The van der Waals surface area contributed by atoms with Gasteiger partial charge < -0.3 is 4.90 Å². The Bertz CT molecular complexity index is 510. The zero-order valence-corrected chi connectivity index (χ0v) is 9.88. The molecule has 1 aliphatic rings. The van der Waals surface area contributed by atoms with Crippen LogP contribution in [0.3, 0.4) is 0 Å². The Morgan fingerprint density at radius 3 is 2.50 bits per heavy atom. The molecule has 0 aromatic heterocycles. The lowest BCUT2D eigenvalue weighted by atomic mass is 10.1. The standard InChI is InChI=1S/C14H13F2NO/c15-12-5-4-11(10-13(12)16)14(18)6-9-17-7-2-1-3-8-17/h4-5,10H,1-3,7-8H2. The summed E-state index contributed by atoms with van der Waals surface area (Å²) in [5, 5.41) is 0. The van der Waals surface area contributed by atoms with Crippen LogP contribution in [-0.2, 0) is 0 Å². The van der Waals surface area contributed by atoms with E-state index in [4.69, 9.17) is 0 Å². The van der Waals surface area contributed by atoms with Crippen molar-refractivity contribution in [1.82, 2.24) is 4.90 Å². The first-order chi connectivity index (χ1) is 8.66. The average Bonchev–Trinajstić information content (AvgIpc) is 2.40. The van der Waals surface area contributed by atoms with Crippen molar-refractivity contribution >= 4 is 5.78 Å². The minimum atomic E-state index is -1.03. The maximum atomic E-state index is 12.9. The topological polar surface area (TPSA) is 20.3 Å². The van der Waals surface area contributed by atoms with Crippen LogP contribution >= 0.6 is 0 Å². The zero-order chi connectivity index (χ0) is 13.0. The molecule has 0 saturated carbocycles. The molecule has 1 fully saturated rings. The summed E-state index contributed by atoms with van der Waals surface area (Å²) in [6.45, 7) is 1.72. The second-order valence-corrected chi connectivity index (χ2v) is 4.24.